The van der Waals surface area contributed by atoms with Crippen LogP contribution in [0.25, 0.3) is 0 Å². The molecule has 7 nitrogen and oxygen atoms in total. The molecule has 26 heavy (non-hydrogen) atoms. The van der Waals surface area contributed by atoms with Crippen LogP contribution in [0, 0.1) is 5.92 Å². The van der Waals surface area contributed by atoms with Crippen molar-refractivity contribution in [2.75, 3.05) is 45.7 Å². The minimum atomic E-state index is -0.140. The molecule has 0 atom stereocenters. The first-order valence-electron chi connectivity index (χ1n) is 8.91. The quantitative estimate of drug-likeness (QED) is 0.779. The summed E-state index contributed by atoms with van der Waals surface area (Å²) in [4.78, 5) is 39.5. The minimum Gasteiger partial charge on any atom is -0.466 e. The van der Waals surface area contributed by atoms with E-state index in [0.29, 0.717) is 43.8 Å². The number of nitrogens with one attached hydrogen (secondary N) is 1. The van der Waals surface area contributed by atoms with Crippen molar-refractivity contribution in [1.29, 1.82) is 0 Å². The molecule has 0 saturated carbocycles. The molecule has 0 aliphatic carbocycles. The van der Waals surface area contributed by atoms with Gasteiger partial charge >= 0.3 is 5.97 Å². The van der Waals surface area contributed by atoms with E-state index in [1.807, 2.05) is 4.90 Å². The molecule has 1 aliphatic heterocycles. The van der Waals surface area contributed by atoms with Crippen LogP contribution in [0.3, 0.4) is 0 Å². The zero-order valence-electron chi connectivity index (χ0n) is 15.7. The Morgan fingerprint density at radius 2 is 1.92 bits per heavy atom. The number of hydrogen-bond donors (Lipinski definition) is 1. The molecular formula is C19H27N3O4. The number of benzene rings is 1. The monoisotopic (exact) mass is 361 g/mol. The van der Waals surface area contributed by atoms with Gasteiger partial charge in [-0.3, -0.25) is 19.3 Å². The smallest absolute Gasteiger partial charge is 0.309 e. The minimum absolute atomic E-state index is 0.0667. The standard InChI is InChI=1S/C19H27N3O4/c1-4-26-19(25)14-8-10-22(11-9-14)13-17(23)20-16-7-5-6-15(12-16)18(24)21(2)3/h5-7,12,14H,4,8-11,13H2,1-3H3,(H,20,23). The molecule has 0 spiro atoms. The average molecular weight is 361 g/mol. The van der Waals surface area contributed by atoms with E-state index in [0.717, 1.165) is 0 Å². The van der Waals surface area contributed by atoms with Gasteiger partial charge in [-0.25, -0.2) is 0 Å². The van der Waals surface area contributed by atoms with Crippen molar-refractivity contribution >= 4 is 23.5 Å². The Kier molecular flexibility index (Phi) is 7.15. The fraction of sp³-hybridized carbons (Fsp3) is 0.526. The van der Waals surface area contributed by atoms with E-state index >= 15 is 0 Å². The van der Waals surface area contributed by atoms with E-state index in [2.05, 4.69) is 5.32 Å². The molecule has 1 heterocycles. The number of carbonyl (C=O) groups is 3. The number of carbonyl (C=O) groups excluding carboxylic acids is 3. The van der Waals surface area contributed by atoms with E-state index in [9.17, 15) is 14.4 Å². The van der Waals surface area contributed by atoms with E-state index in [1.54, 1.807) is 45.3 Å². The second-order valence-corrected chi connectivity index (χ2v) is 6.63. The largest absolute Gasteiger partial charge is 0.466 e. The van der Waals surface area contributed by atoms with Crippen molar-refractivity contribution in [3.63, 3.8) is 0 Å². The highest BCUT2D eigenvalue weighted by Gasteiger charge is 2.26. The summed E-state index contributed by atoms with van der Waals surface area (Å²) in [5.74, 6) is -0.446. The number of anilines is 1. The number of likely N-dealkylation sites (tertiary alicyclic amines) is 1. The van der Waals surface area contributed by atoms with Gasteiger partial charge in [-0.05, 0) is 51.1 Å². The molecular weight excluding hydrogens is 334 g/mol. The predicted molar refractivity (Wildman–Crippen MR) is 98.9 cm³/mol. The average Bonchev–Trinajstić information content (AvgIpc) is 2.62. The highest BCUT2D eigenvalue weighted by molar-refractivity contribution is 5.97. The van der Waals surface area contributed by atoms with Crippen molar-refractivity contribution in [3.05, 3.63) is 29.8 Å². The topological polar surface area (TPSA) is 79.0 Å². The molecule has 0 radical (unpaired) electrons. The van der Waals surface area contributed by atoms with E-state index in [1.165, 1.54) is 4.90 Å². The molecule has 7 heteroatoms. The third kappa shape index (κ3) is 5.56. The first-order chi connectivity index (χ1) is 12.4. The molecule has 1 N–H and O–H groups in total. The van der Waals surface area contributed by atoms with Gasteiger partial charge in [0.05, 0.1) is 19.1 Å². The molecule has 1 aromatic rings. The van der Waals surface area contributed by atoms with Gasteiger partial charge in [-0.15, -0.1) is 0 Å². The summed E-state index contributed by atoms with van der Waals surface area (Å²) >= 11 is 0. The zero-order chi connectivity index (χ0) is 19.1. The third-order valence-electron chi connectivity index (χ3n) is 4.37. The second kappa shape index (κ2) is 9.33. The molecule has 0 unspecified atom stereocenters. The van der Waals surface area contributed by atoms with Gasteiger partial charge in [-0.1, -0.05) is 6.07 Å². The molecule has 1 aromatic carbocycles. The summed E-state index contributed by atoms with van der Waals surface area (Å²) in [6.45, 7) is 3.85. The Morgan fingerprint density at radius 3 is 2.54 bits per heavy atom. The predicted octanol–water partition coefficient (Wildman–Crippen LogP) is 1.60. The summed E-state index contributed by atoms with van der Waals surface area (Å²) in [7, 11) is 3.38. The molecule has 142 valence electrons. The lowest BCUT2D eigenvalue weighted by Gasteiger charge is -2.30. The van der Waals surface area contributed by atoms with Crippen LogP contribution in [0.1, 0.15) is 30.1 Å². The summed E-state index contributed by atoms with van der Waals surface area (Å²) in [6, 6.07) is 6.90. The number of piperidine rings is 1. The maximum atomic E-state index is 12.3. The molecule has 2 rings (SSSR count). The van der Waals surface area contributed by atoms with Crippen LogP contribution < -0.4 is 5.32 Å². The van der Waals surface area contributed by atoms with Gasteiger partial charge in [0.2, 0.25) is 5.91 Å². The number of esters is 1. The van der Waals surface area contributed by atoms with Gasteiger partial charge in [0, 0.05) is 25.3 Å². The Balaban J connectivity index is 1.84. The van der Waals surface area contributed by atoms with Crippen LogP contribution in [0.15, 0.2) is 24.3 Å². The number of amides is 2. The van der Waals surface area contributed by atoms with Gasteiger partial charge in [0.1, 0.15) is 0 Å². The Labute approximate surface area is 154 Å². The fourth-order valence-corrected chi connectivity index (χ4v) is 2.98. The summed E-state index contributed by atoms with van der Waals surface area (Å²) < 4.78 is 5.06. The maximum absolute atomic E-state index is 12.3. The Hall–Kier alpha value is -2.41. The highest BCUT2D eigenvalue weighted by atomic mass is 16.5. The molecule has 0 bridgehead atoms. The van der Waals surface area contributed by atoms with Crippen LogP contribution >= 0.6 is 0 Å². The van der Waals surface area contributed by atoms with E-state index in [4.69, 9.17) is 4.74 Å². The van der Waals surface area contributed by atoms with Crippen LogP contribution in [-0.4, -0.2) is 67.9 Å². The normalized spacial score (nSPS) is 15.3. The molecule has 1 saturated heterocycles. The summed E-state index contributed by atoms with van der Waals surface area (Å²) in [5, 5.41) is 2.83. The lowest BCUT2D eigenvalue weighted by atomic mass is 9.97. The SMILES string of the molecule is CCOC(=O)C1CCN(CC(=O)Nc2cccc(C(=O)N(C)C)c2)CC1. The zero-order valence-corrected chi connectivity index (χ0v) is 15.7. The van der Waals surface area contributed by atoms with Gasteiger partial charge in [0.25, 0.3) is 5.91 Å². The lowest BCUT2D eigenvalue weighted by Crippen LogP contribution is -2.41. The van der Waals surface area contributed by atoms with Crippen molar-refractivity contribution in [1.82, 2.24) is 9.80 Å². The van der Waals surface area contributed by atoms with Crippen molar-refractivity contribution in [3.8, 4) is 0 Å². The molecule has 1 fully saturated rings. The van der Waals surface area contributed by atoms with Crippen molar-refractivity contribution in [2.24, 2.45) is 5.92 Å². The van der Waals surface area contributed by atoms with E-state index in [-0.39, 0.29) is 30.2 Å². The second-order valence-electron chi connectivity index (χ2n) is 6.63. The van der Waals surface area contributed by atoms with Crippen molar-refractivity contribution in [2.45, 2.75) is 19.8 Å². The fourth-order valence-electron chi connectivity index (χ4n) is 2.98. The van der Waals surface area contributed by atoms with Gasteiger partial charge in [-0.2, -0.15) is 0 Å². The first-order valence-corrected chi connectivity index (χ1v) is 8.91. The highest BCUT2D eigenvalue weighted by Crippen LogP contribution is 2.19. The third-order valence-corrected chi connectivity index (χ3v) is 4.37. The molecule has 2 amide bonds. The van der Waals surface area contributed by atoms with Gasteiger partial charge in [0.15, 0.2) is 0 Å². The van der Waals surface area contributed by atoms with Crippen LogP contribution in [-0.2, 0) is 14.3 Å². The lowest BCUT2D eigenvalue weighted by molar-refractivity contribution is -0.149. The number of hydrogen-bond acceptors (Lipinski definition) is 5. The molecule has 1 aliphatic rings. The maximum Gasteiger partial charge on any atom is 0.309 e. The Morgan fingerprint density at radius 1 is 1.23 bits per heavy atom. The number of rotatable bonds is 6. The summed E-state index contributed by atoms with van der Waals surface area (Å²) in [6.07, 6.45) is 1.41. The number of nitrogens with zero attached hydrogens (tertiary/aromatic N) is 2. The van der Waals surface area contributed by atoms with Crippen LogP contribution in [0.2, 0.25) is 0 Å². The van der Waals surface area contributed by atoms with Crippen LogP contribution in [0.4, 0.5) is 5.69 Å². The van der Waals surface area contributed by atoms with Gasteiger partial charge < -0.3 is 15.0 Å². The van der Waals surface area contributed by atoms with Crippen molar-refractivity contribution < 1.29 is 19.1 Å². The number of ether oxygens (including phenoxy) is 1. The molecule has 0 aromatic heterocycles. The van der Waals surface area contributed by atoms with Crippen LogP contribution in [0.5, 0.6) is 0 Å². The summed E-state index contributed by atoms with van der Waals surface area (Å²) in [5.41, 5.74) is 1.13. The first kappa shape index (κ1) is 19.9. The Bertz CT molecular complexity index is 652. The van der Waals surface area contributed by atoms with E-state index < -0.39 is 0 Å².